The first kappa shape index (κ1) is 26.6. The molecule has 10 heteroatoms. The number of primary amides is 1. The van der Waals surface area contributed by atoms with Crippen molar-refractivity contribution in [2.45, 2.75) is 25.3 Å². The Morgan fingerprint density at radius 1 is 1.05 bits per heavy atom. The van der Waals surface area contributed by atoms with Crippen molar-refractivity contribution in [3.63, 3.8) is 0 Å². The lowest BCUT2D eigenvalue weighted by molar-refractivity contribution is -0.135. The molecule has 1 atom stereocenters. The van der Waals surface area contributed by atoms with Crippen molar-refractivity contribution >= 4 is 17.7 Å². The fraction of sp³-hybridized carbons (Fsp3) is 0.444. The lowest BCUT2D eigenvalue weighted by Gasteiger charge is -2.38. The van der Waals surface area contributed by atoms with Crippen molar-refractivity contribution in [1.82, 2.24) is 20.6 Å². The molecule has 5 N–H and O–H groups in total. The zero-order valence-corrected chi connectivity index (χ0v) is 20.9. The number of nitrogens with one attached hydrogen (secondary N) is 2. The van der Waals surface area contributed by atoms with E-state index in [9.17, 15) is 19.6 Å². The van der Waals surface area contributed by atoms with Gasteiger partial charge in [-0.2, -0.15) is 0 Å². The number of amides is 3. The second-order valence-electron chi connectivity index (χ2n) is 9.58. The van der Waals surface area contributed by atoms with Crippen LogP contribution < -0.4 is 21.3 Å². The minimum atomic E-state index is -0.753. The Morgan fingerprint density at radius 2 is 1.76 bits per heavy atom. The molecule has 0 radical (unpaired) electrons. The number of carbonyl (C=O) groups excluding carboxylic acids is 3. The van der Waals surface area contributed by atoms with Gasteiger partial charge in [0.05, 0.1) is 12.6 Å². The quantitative estimate of drug-likeness (QED) is 0.293. The number of rotatable bonds is 9. The Bertz CT molecular complexity index is 1080. The van der Waals surface area contributed by atoms with Gasteiger partial charge in [-0.15, -0.1) is 0 Å². The van der Waals surface area contributed by atoms with Gasteiger partial charge in [-0.3, -0.25) is 24.5 Å². The molecule has 0 unspecified atom stereocenters. The molecule has 10 nitrogen and oxygen atoms in total. The summed E-state index contributed by atoms with van der Waals surface area (Å²) in [6, 6.07) is 13.4. The summed E-state index contributed by atoms with van der Waals surface area (Å²) < 4.78 is 6.03. The summed E-state index contributed by atoms with van der Waals surface area (Å²) in [6.07, 6.45) is 2.25. The minimum absolute atomic E-state index is 0.0574. The number of hydrogen-bond donors (Lipinski definition) is 4. The molecule has 2 aliphatic heterocycles. The third-order valence-electron chi connectivity index (χ3n) is 7.18. The van der Waals surface area contributed by atoms with Crippen LogP contribution in [0.15, 0.2) is 48.5 Å². The number of nitrogens with two attached hydrogens (primary N) is 1. The third-order valence-corrected chi connectivity index (χ3v) is 7.18. The van der Waals surface area contributed by atoms with Gasteiger partial charge in [-0.1, -0.05) is 18.2 Å². The van der Waals surface area contributed by atoms with E-state index in [1.807, 2.05) is 23.1 Å². The van der Waals surface area contributed by atoms with Gasteiger partial charge in [0, 0.05) is 37.3 Å². The maximum atomic E-state index is 12.8. The molecule has 2 saturated heterocycles. The highest BCUT2D eigenvalue weighted by Crippen LogP contribution is 2.23. The van der Waals surface area contributed by atoms with Crippen LogP contribution in [-0.4, -0.2) is 84.6 Å². The maximum Gasteiger partial charge on any atom is 0.261 e. The van der Waals surface area contributed by atoms with Crippen molar-refractivity contribution < 1.29 is 24.3 Å². The molecule has 0 saturated carbocycles. The topological polar surface area (TPSA) is 137 Å². The van der Waals surface area contributed by atoms with E-state index in [2.05, 4.69) is 5.32 Å². The van der Waals surface area contributed by atoms with Crippen LogP contribution in [0.3, 0.4) is 0 Å². The van der Waals surface area contributed by atoms with Crippen molar-refractivity contribution in [2.75, 3.05) is 45.9 Å². The van der Waals surface area contributed by atoms with Crippen LogP contribution in [0, 0.1) is 5.92 Å². The number of hydrogen-bond acceptors (Lipinski definition) is 7. The molecule has 3 amide bonds. The van der Waals surface area contributed by atoms with Crippen LogP contribution in [0.1, 0.15) is 39.1 Å². The molecular formula is C27H35N5O5. The highest BCUT2D eigenvalue weighted by atomic mass is 16.5. The van der Waals surface area contributed by atoms with Gasteiger partial charge in [0.15, 0.2) is 0 Å². The van der Waals surface area contributed by atoms with Gasteiger partial charge in [0.2, 0.25) is 5.91 Å². The number of benzene rings is 2. The molecule has 0 aromatic heterocycles. The molecule has 2 aromatic rings. The Hall–Kier alpha value is -3.47. The van der Waals surface area contributed by atoms with E-state index in [1.54, 1.807) is 40.7 Å². The predicted molar refractivity (Wildman–Crippen MR) is 137 cm³/mol. The highest BCUT2D eigenvalue weighted by Gasteiger charge is 2.32. The number of carbonyl (C=O) groups is 3. The largest absolute Gasteiger partial charge is 0.493 e. The SMILES string of the molecule is NC(=O)c1ccc(OCC2CCNCC2)cc1C[C@H](C(=O)NO)N1CCN(C(=O)c2ccccc2)CC1. The van der Waals surface area contributed by atoms with Gasteiger partial charge >= 0.3 is 0 Å². The Morgan fingerprint density at radius 3 is 2.41 bits per heavy atom. The summed E-state index contributed by atoms with van der Waals surface area (Å²) in [5, 5.41) is 12.8. The molecule has 37 heavy (non-hydrogen) atoms. The number of piperazine rings is 1. The summed E-state index contributed by atoms with van der Waals surface area (Å²) >= 11 is 0. The van der Waals surface area contributed by atoms with Crippen LogP contribution >= 0.6 is 0 Å². The molecule has 198 valence electrons. The maximum absolute atomic E-state index is 12.8. The Labute approximate surface area is 216 Å². The molecular weight excluding hydrogens is 474 g/mol. The van der Waals surface area contributed by atoms with Gasteiger partial charge in [-0.05, 0) is 74.2 Å². The second-order valence-corrected chi connectivity index (χ2v) is 9.58. The van der Waals surface area contributed by atoms with Crippen LogP contribution in [-0.2, 0) is 11.2 Å². The smallest absolute Gasteiger partial charge is 0.261 e. The molecule has 0 bridgehead atoms. The lowest BCUT2D eigenvalue weighted by Crippen LogP contribution is -2.56. The van der Waals surface area contributed by atoms with E-state index < -0.39 is 17.9 Å². The molecule has 4 rings (SSSR count). The highest BCUT2D eigenvalue weighted by molar-refractivity contribution is 5.95. The predicted octanol–water partition coefficient (Wildman–Crippen LogP) is 1.04. The van der Waals surface area contributed by atoms with Crippen LogP contribution in [0.25, 0.3) is 0 Å². The zero-order chi connectivity index (χ0) is 26.2. The van der Waals surface area contributed by atoms with E-state index in [-0.39, 0.29) is 12.3 Å². The van der Waals surface area contributed by atoms with Gasteiger partial charge < -0.3 is 20.7 Å². The molecule has 2 heterocycles. The van der Waals surface area contributed by atoms with Gasteiger partial charge in [0.1, 0.15) is 5.75 Å². The Balaban J connectivity index is 1.45. The first-order valence-corrected chi connectivity index (χ1v) is 12.7. The molecule has 2 aliphatic rings. The Kier molecular flexibility index (Phi) is 9.10. The van der Waals surface area contributed by atoms with Crippen LogP contribution in [0.5, 0.6) is 5.75 Å². The van der Waals surface area contributed by atoms with Gasteiger partial charge in [0.25, 0.3) is 11.8 Å². The molecule has 2 fully saturated rings. The first-order valence-electron chi connectivity index (χ1n) is 12.7. The second kappa shape index (κ2) is 12.7. The summed E-state index contributed by atoms with van der Waals surface area (Å²) in [4.78, 5) is 41.3. The van der Waals surface area contributed by atoms with E-state index >= 15 is 0 Å². The van der Waals surface area contributed by atoms with E-state index in [4.69, 9.17) is 10.5 Å². The van der Waals surface area contributed by atoms with Crippen molar-refractivity contribution in [3.8, 4) is 5.75 Å². The molecule has 0 spiro atoms. The summed E-state index contributed by atoms with van der Waals surface area (Å²) in [5.74, 6) is -0.165. The van der Waals surface area contributed by atoms with E-state index in [1.165, 1.54) is 0 Å². The normalized spacial score (nSPS) is 17.7. The number of nitrogens with zero attached hydrogens (tertiary/aromatic N) is 2. The number of hydroxylamine groups is 1. The fourth-order valence-electron chi connectivity index (χ4n) is 5.00. The standard InChI is InChI=1S/C27H35N5O5/c28-25(33)23-7-6-22(37-18-19-8-10-29-11-9-19)16-21(23)17-24(26(34)30-36)31-12-14-32(15-13-31)27(35)20-4-2-1-3-5-20/h1-7,16,19,24,29,36H,8-15,17-18H2,(H2,28,33)(H,30,34)/t24-/m1/s1. The fourth-order valence-corrected chi connectivity index (χ4v) is 5.00. The minimum Gasteiger partial charge on any atom is -0.493 e. The first-order chi connectivity index (χ1) is 18.0. The van der Waals surface area contributed by atoms with Crippen molar-refractivity contribution in [2.24, 2.45) is 11.7 Å². The monoisotopic (exact) mass is 509 g/mol. The van der Waals surface area contributed by atoms with E-state index in [0.717, 1.165) is 25.9 Å². The molecule has 2 aromatic carbocycles. The molecule has 0 aliphatic carbocycles. The third kappa shape index (κ3) is 6.85. The zero-order valence-electron chi connectivity index (χ0n) is 20.9. The summed E-state index contributed by atoms with van der Waals surface area (Å²) in [7, 11) is 0. The van der Waals surface area contributed by atoms with Crippen molar-refractivity contribution in [1.29, 1.82) is 0 Å². The van der Waals surface area contributed by atoms with E-state index in [0.29, 0.717) is 61.1 Å². The van der Waals surface area contributed by atoms with Crippen LogP contribution in [0.4, 0.5) is 0 Å². The van der Waals surface area contributed by atoms with Gasteiger partial charge in [-0.25, -0.2) is 5.48 Å². The summed E-state index contributed by atoms with van der Waals surface area (Å²) in [6.45, 7) is 4.28. The average molecular weight is 510 g/mol. The van der Waals surface area contributed by atoms with Crippen molar-refractivity contribution in [3.05, 3.63) is 65.2 Å². The number of ether oxygens (including phenoxy) is 1. The summed E-state index contributed by atoms with van der Waals surface area (Å²) in [5.41, 5.74) is 8.89. The van der Waals surface area contributed by atoms with Crippen LogP contribution in [0.2, 0.25) is 0 Å². The average Bonchev–Trinajstić information content (AvgIpc) is 2.95. The number of piperidine rings is 1. The lowest BCUT2D eigenvalue weighted by atomic mass is 9.97.